The Balaban J connectivity index is 2.28. The number of hydrogen-bond acceptors (Lipinski definition) is 2. The van der Waals surface area contributed by atoms with Gasteiger partial charge in [0.2, 0.25) is 0 Å². The number of amides is 1. The number of methoxy groups -OCH3 is 1. The van der Waals surface area contributed by atoms with Gasteiger partial charge in [-0.1, -0.05) is 15.9 Å². The molecule has 0 aromatic heterocycles. The highest BCUT2D eigenvalue weighted by Gasteiger charge is 2.14. The minimum Gasteiger partial charge on any atom is -0.496 e. The molecule has 20 heavy (non-hydrogen) atoms. The van der Waals surface area contributed by atoms with E-state index in [4.69, 9.17) is 4.74 Å². The molecule has 0 aliphatic rings. The number of nitrogens with one attached hydrogen (secondary N) is 1. The highest BCUT2D eigenvalue weighted by atomic mass is 79.9. The van der Waals surface area contributed by atoms with Gasteiger partial charge in [0, 0.05) is 8.95 Å². The first-order chi connectivity index (χ1) is 9.51. The molecule has 6 heteroatoms. The summed E-state index contributed by atoms with van der Waals surface area (Å²) in [6.45, 7) is 0. The maximum absolute atomic E-state index is 13.0. The molecule has 104 valence electrons. The predicted octanol–water partition coefficient (Wildman–Crippen LogP) is 4.61. The number of benzene rings is 2. The maximum Gasteiger partial charge on any atom is 0.259 e. The van der Waals surface area contributed by atoms with E-state index in [1.54, 1.807) is 18.2 Å². The summed E-state index contributed by atoms with van der Waals surface area (Å²) in [5.74, 6) is -0.257. The zero-order valence-electron chi connectivity index (χ0n) is 10.4. The van der Waals surface area contributed by atoms with Gasteiger partial charge < -0.3 is 10.1 Å². The highest BCUT2D eigenvalue weighted by molar-refractivity contribution is 9.10. The fraction of sp³-hybridized carbons (Fsp3) is 0.0714. The Bertz CT molecular complexity index is 662. The minimum atomic E-state index is -0.379. The Morgan fingerprint density at radius 1 is 1.20 bits per heavy atom. The molecule has 0 aliphatic heterocycles. The molecule has 0 spiro atoms. The van der Waals surface area contributed by atoms with Gasteiger partial charge in [0.25, 0.3) is 5.91 Å². The van der Waals surface area contributed by atoms with Crippen LogP contribution in [0.4, 0.5) is 10.1 Å². The normalized spacial score (nSPS) is 10.2. The molecule has 0 saturated heterocycles. The van der Waals surface area contributed by atoms with Crippen LogP contribution in [0.2, 0.25) is 0 Å². The van der Waals surface area contributed by atoms with E-state index in [1.807, 2.05) is 0 Å². The molecule has 0 radical (unpaired) electrons. The molecule has 1 N–H and O–H groups in total. The van der Waals surface area contributed by atoms with Crippen LogP contribution in [0, 0.1) is 5.82 Å². The molecule has 0 atom stereocenters. The molecule has 0 fully saturated rings. The van der Waals surface area contributed by atoms with Crippen LogP contribution in [-0.4, -0.2) is 13.0 Å². The molecule has 2 aromatic rings. The number of halogens is 3. The van der Waals surface area contributed by atoms with Crippen molar-refractivity contribution >= 4 is 43.5 Å². The molecular weight excluding hydrogens is 393 g/mol. The van der Waals surface area contributed by atoms with Crippen LogP contribution in [0.25, 0.3) is 0 Å². The number of carbonyl (C=O) groups excluding carboxylic acids is 1. The van der Waals surface area contributed by atoms with Gasteiger partial charge in [-0.3, -0.25) is 4.79 Å². The van der Waals surface area contributed by atoms with Gasteiger partial charge in [-0.15, -0.1) is 0 Å². The largest absolute Gasteiger partial charge is 0.496 e. The lowest BCUT2D eigenvalue weighted by Gasteiger charge is -2.11. The van der Waals surface area contributed by atoms with Crippen molar-refractivity contribution in [2.45, 2.75) is 0 Å². The average Bonchev–Trinajstić information content (AvgIpc) is 2.41. The van der Waals surface area contributed by atoms with Gasteiger partial charge in [0.1, 0.15) is 11.6 Å². The standard InChI is InChI=1S/C14H10Br2FNO2/c1-20-13-6-8(15)2-4-10(13)14(19)18-12-5-3-9(17)7-11(12)16/h2-7H,1H3,(H,18,19). The van der Waals surface area contributed by atoms with Crippen LogP contribution in [0.1, 0.15) is 10.4 Å². The van der Waals surface area contributed by atoms with E-state index in [0.717, 1.165) is 4.47 Å². The van der Waals surface area contributed by atoms with E-state index in [1.165, 1.54) is 25.3 Å². The summed E-state index contributed by atoms with van der Waals surface area (Å²) in [6.07, 6.45) is 0. The monoisotopic (exact) mass is 401 g/mol. The average molecular weight is 403 g/mol. The molecule has 0 unspecified atom stereocenters. The first-order valence-electron chi connectivity index (χ1n) is 5.61. The molecular formula is C14H10Br2FNO2. The van der Waals surface area contributed by atoms with Gasteiger partial charge in [-0.2, -0.15) is 0 Å². The molecule has 3 nitrogen and oxygen atoms in total. The van der Waals surface area contributed by atoms with Crippen molar-refractivity contribution in [2.24, 2.45) is 0 Å². The smallest absolute Gasteiger partial charge is 0.259 e. The first kappa shape index (κ1) is 15.0. The summed E-state index contributed by atoms with van der Waals surface area (Å²) < 4.78 is 19.5. The Morgan fingerprint density at radius 2 is 1.95 bits per heavy atom. The Kier molecular flexibility index (Phi) is 4.77. The molecule has 0 bridgehead atoms. The summed E-state index contributed by atoms with van der Waals surface area (Å²) in [7, 11) is 1.49. The van der Waals surface area contributed by atoms with Crippen molar-refractivity contribution in [2.75, 3.05) is 12.4 Å². The van der Waals surface area contributed by atoms with Crippen LogP contribution in [0.15, 0.2) is 45.3 Å². The molecule has 0 aliphatic carbocycles. The van der Waals surface area contributed by atoms with Crippen LogP contribution in [-0.2, 0) is 0 Å². The van der Waals surface area contributed by atoms with Gasteiger partial charge >= 0.3 is 0 Å². The van der Waals surface area contributed by atoms with Gasteiger partial charge in [-0.05, 0) is 52.3 Å². The van der Waals surface area contributed by atoms with E-state index in [9.17, 15) is 9.18 Å². The number of anilines is 1. The number of hydrogen-bond donors (Lipinski definition) is 1. The van der Waals surface area contributed by atoms with Crippen LogP contribution < -0.4 is 10.1 Å². The van der Waals surface area contributed by atoms with E-state index in [-0.39, 0.29) is 11.7 Å². The van der Waals surface area contributed by atoms with Crippen molar-refractivity contribution < 1.29 is 13.9 Å². The summed E-state index contributed by atoms with van der Waals surface area (Å²) in [5.41, 5.74) is 0.883. The quantitative estimate of drug-likeness (QED) is 0.813. The SMILES string of the molecule is COc1cc(Br)ccc1C(=O)Nc1ccc(F)cc1Br. The van der Waals surface area contributed by atoms with E-state index < -0.39 is 0 Å². The summed E-state index contributed by atoms with van der Waals surface area (Å²) >= 11 is 6.51. The second-order valence-electron chi connectivity index (χ2n) is 3.92. The third-order valence-electron chi connectivity index (χ3n) is 2.59. The van der Waals surface area contributed by atoms with Gasteiger partial charge in [0.05, 0.1) is 18.4 Å². The number of ether oxygens (including phenoxy) is 1. The Morgan fingerprint density at radius 3 is 2.60 bits per heavy atom. The highest BCUT2D eigenvalue weighted by Crippen LogP contribution is 2.27. The lowest BCUT2D eigenvalue weighted by molar-refractivity contribution is 0.102. The van der Waals surface area contributed by atoms with Crippen molar-refractivity contribution in [3.05, 3.63) is 56.7 Å². The fourth-order valence-corrected chi connectivity index (χ4v) is 2.42. The van der Waals surface area contributed by atoms with Crippen LogP contribution in [0.3, 0.4) is 0 Å². The van der Waals surface area contributed by atoms with E-state index in [2.05, 4.69) is 37.2 Å². The molecule has 0 heterocycles. The number of carbonyl (C=O) groups is 1. The van der Waals surface area contributed by atoms with Gasteiger partial charge in [-0.25, -0.2) is 4.39 Å². The summed E-state index contributed by atoms with van der Waals surface area (Å²) in [4.78, 5) is 12.2. The minimum absolute atomic E-state index is 0.332. The third kappa shape index (κ3) is 3.37. The maximum atomic E-state index is 13.0. The third-order valence-corrected chi connectivity index (χ3v) is 3.74. The lowest BCUT2D eigenvalue weighted by atomic mass is 10.2. The predicted molar refractivity (Wildman–Crippen MR) is 82.7 cm³/mol. The summed E-state index contributed by atoms with van der Waals surface area (Å²) in [5, 5.41) is 2.70. The van der Waals surface area contributed by atoms with E-state index >= 15 is 0 Å². The zero-order chi connectivity index (χ0) is 14.7. The molecule has 2 rings (SSSR count). The second kappa shape index (κ2) is 6.37. The van der Waals surface area contributed by atoms with Crippen LogP contribution >= 0.6 is 31.9 Å². The first-order valence-corrected chi connectivity index (χ1v) is 7.20. The molecule has 1 amide bonds. The number of rotatable bonds is 3. The fourth-order valence-electron chi connectivity index (χ4n) is 1.63. The van der Waals surface area contributed by atoms with Gasteiger partial charge in [0.15, 0.2) is 0 Å². The molecule has 0 saturated carbocycles. The molecule has 2 aromatic carbocycles. The van der Waals surface area contributed by atoms with E-state index in [0.29, 0.717) is 21.5 Å². The van der Waals surface area contributed by atoms with Crippen LogP contribution in [0.5, 0.6) is 5.75 Å². The zero-order valence-corrected chi connectivity index (χ0v) is 13.6. The van der Waals surface area contributed by atoms with Crippen molar-refractivity contribution in [3.8, 4) is 5.75 Å². The van der Waals surface area contributed by atoms with Crippen molar-refractivity contribution in [3.63, 3.8) is 0 Å². The topological polar surface area (TPSA) is 38.3 Å². The summed E-state index contributed by atoms with van der Waals surface area (Å²) in [6, 6.07) is 9.15. The Labute approximate surface area is 132 Å². The Hall–Kier alpha value is -1.40. The van der Waals surface area contributed by atoms with Crippen molar-refractivity contribution in [1.29, 1.82) is 0 Å². The second-order valence-corrected chi connectivity index (χ2v) is 5.69. The van der Waals surface area contributed by atoms with Crippen molar-refractivity contribution in [1.82, 2.24) is 0 Å². The lowest BCUT2D eigenvalue weighted by Crippen LogP contribution is -2.13.